The summed E-state index contributed by atoms with van der Waals surface area (Å²) in [4.78, 5) is 18.0. The van der Waals surface area contributed by atoms with Gasteiger partial charge in [0, 0.05) is 36.8 Å². The number of aromatic nitrogens is 3. The summed E-state index contributed by atoms with van der Waals surface area (Å²) in [6.45, 7) is 4.43. The first kappa shape index (κ1) is 21.2. The third-order valence-electron chi connectivity index (χ3n) is 6.15. The summed E-state index contributed by atoms with van der Waals surface area (Å²) in [6, 6.07) is 2.18. The number of aromatic amines is 2. The maximum atomic E-state index is 12.7. The second kappa shape index (κ2) is 9.41. The quantitative estimate of drug-likeness (QED) is 0.657. The summed E-state index contributed by atoms with van der Waals surface area (Å²) in [7, 11) is 1.85. The van der Waals surface area contributed by atoms with Gasteiger partial charge in [-0.25, -0.2) is 0 Å². The molecule has 0 spiro atoms. The van der Waals surface area contributed by atoms with Gasteiger partial charge in [0.1, 0.15) is 5.69 Å². The molecule has 0 fully saturated rings. The second-order valence-corrected chi connectivity index (χ2v) is 8.27. The topological polar surface area (TPSA) is 74.0 Å². The van der Waals surface area contributed by atoms with Gasteiger partial charge in [0.2, 0.25) is 0 Å². The highest BCUT2D eigenvalue weighted by Crippen LogP contribution is 2.30. The number of hydrogen-bond acceptors (Lipinski definition) is 3. The van der Waals surface area contributed by atoms with Crippen LogP contribution in [-0.2, 0) is 28.8 Å². The van der Waals surface area contributed by atoms with E-state index in [9.17, 15) is 4.79 Å². The molecule has 0 saturated carbocycles. The lowest BCUT2D eigenvalue weighted by Gasteiger charge is -2.28. The van der Waals surface area contributed by atoms with Gasteiger partial charge in [-0.15, -0.1) is 0 Å². The van der Waals surface area contributed by atoms with Gasteiger partial charge in [-0.3, -0.25) is 9.89 Å². The van der Waals surface area contributed by atoms with Crippen molar-refractivity contribution >= 4 is 12.0 Å². The molecule has 6 heteroatoms. The SMILES string of the molecule is CCCc1c(-c2cc3c([nH]2)CC(N(C)C(=O)COC2=CC=CCC2)C=C3)n[nH]c1CC. The molecule has 0 aromatic carbocycles. The first-order valence-corrected chi connectivity index (χ1v) is 11.3. The maximum Gasteiger partial charge on any atom is 0.260 e. The van der Waals surface area contributed by atoms with E-state index in [4.69, 9.17) is 4.74 Å². The lowest BCUT2D eigenvalue weighted by Crippen LogP contribution is -2.40. The van der Waals surface area contributed by atoms with E-state index in [2.05, 4.69) is 53.3 Å². The number of H-pyrrole nitrogens is 2. The van der Waals surface area contributed by atoms with E-state index in [0.29, 0.717) is 0 Å². The highest BCUT2D eigenvalue weighted by molar-refractivity contribution is 5.78. The number of carbonyl (C=O) groups excluding carboxylic acids is 1. The van der Waals surface area contributed by atoms with Gasteiger partial charge < -0.3 is 14.6 Å². The Balaban J connectivity index is 1.44. The van der Waals surface area contributed by atoms with E-state index in [-0.39, 0.29) is 18.6 Å². The summed E-state index contributed by atoms with van der Waals surface area (Å²) >= 11 is 0. The van der Waals surface area contributed by atoms with Crippen LogP contribution in [0.3, 0.4) is 0 Å². The molecule has 31 heavy (non-hydrogen) atoms. The first-order chi connectivity index (χ1) is 15.1. The van der Waals surface area contributed by atoms with E-state index in [1.807, 2.05) is 19.2 Å². The number of nitrogens with zero attached hydrogens (tertiary/aromatic N) is 2. The van der Waals surface area contributed by atoms with Crippen LogP contribution >= 0.6 is 0 Å². The minimum absolute atomic E-state index is 0.00884. The minimum atomic E-state index is -0.00884. The number of nitrogens with one attached hydrogen (secondary N) is 2. The van der Waals surface area contributed by atoms with E-state index < -0.39 is 0 Å². The van der Waals surface area contributed by atoms with Crippen molar-refractivity contribution in [1.29, 1.82) is 0 Å². The number of rotatable bonds is 8. The molecule has 1 unspecified atom stereocenters. The maximum absolute atomic E-state index is 12.7. The second-order valence-electron chi connectivity index (χ2n) is 8.27. The van der Waals surface area contributed by atoms with E-state index in [1.54, 1.807) is 4.90 Å². The number of hydrogen-bond donors (Lipinski definition) is 2. The zero-order chi connectivity index (χ0) is 21.8. The monoisotopic (exact) mass is 420 g/mol. The van der Waals surface area contributed by atoms with E-state index >= 15 is 0 Å². The highest BCUT2D eigenvalue weighted by atomic mass is 16.5. The van der Waals surface area contributed by atoms with Crippen LogP contribution in [0.4, 0.5) is 0 Å². The molecule has 2 heterocycles. The smallest absolute Gasteiger partial charge is 0.260 e. The lowest BCUT2D eigenvalue weighted by atomic mass is 9.99. The fourth-order valence-electron chi connectivity index (χ4n) is 4.29. The van der Waals surface area contributed by atoms with Gasteiger partial charge in [0.05, 0.1) is 17.5 Å². The first-order valence-electron chi connectivity index (χ1n) is 11.3. The van der Waals surface area contributed by atoms with Crippen LogP contribution in [0.5, 0.6) is 0 Å². The van der Waals surface area contributed by atoms with Gasteiger partial charge in [-0.1, -0.05) is 44.6 Å². The molecule has 0 saturated heterocycles. The van der Waals surface area contributed by atoms with Gasteiger partial charge in [-0.05, 0) is 37.0 Å². The van der Waals surface area contributed by atoms with Crippen molar-refractivity contribution in [2.24, 2.45) is 0 Å². The lowest BCUT2D eigenvalue weighted by molar-refractivity contribution is -0.134. The molecule has 2 aliphatic rings. The molecule has 2 aromatic heterocycles. The van der Waals surface area contributed by atoms with E-state index in [1.165, 1.54) is 16.8 Å². The Labute approximate surface area is 184 Å². The molecular formula is C25H32N4O2. The Morgan fingerprint density at radius 2 is 2.23 bits per heavy atom. The summed E-state index contributed by atoms with van der Waals surface area (Å²) in [5, 5.41) is 7.81. The molecule has 1 amide bonds. The zero-order valence-corrected chi connectivity index (χ0v) is 18.7. The average Bonchev–Trinajstić information content (AvgIpc) is 3.40. The van der Waals surface area contributed by atoms with Crippen LogP contribution in [0, 0.1) is 0 Å². The van der Waals surface area contributed by atoms with Crippen LogP contribution in [0.15, 0.2) is 36.1 Å². The number of fused-ring (bicyclic) bond motifs is 1. The summed E-state index contributed by atoms with van der Waals surface area (Å²) in [5.41, 5.74) is 6.90. The normalized spacial score (nSPS) is 17.4. The fraction of sp³-hybridized carbons (Fsp3) is 0.440. The Hall–Kier alpha value is -3.02. The largest absolute Gasteiger partial charge is 0.488 e. The van der Waals surface area contributed by atoms with Crippen LogP contribution < -0.4 is 0 Å². The van der Waals surface area contributed by atoms with Crippen LogP contribution in [0.1, 0.15) is 55.6 Å². The van der Waals surface area contributed by atoms with Gasteiger partial charge >= 0.3 is 0 Å². The number of allylic oxidation sites excluding steroid dienone is 4. The molecule has 2 N–H and O–H groups in total. The minimum Gasteiger partial charge on any atom is -0.488 e. The molecule has 6 nitrogen and oxygen atoms in total. The number of likely N-dealkylation sites (N-methyl/N-ethyl adjacent to an activating group) is 1. The summed E-state index contributed by atoms with van der Waals surface area (Å²) < 4.78 is 5.71. The Morgan fingerprint density at radius 3 is 2.97 bits per heavy atom. The number of aryl methyl sites for hydroxylation is 1. The van der Waals surface area contributed by atoms with Gasteiger partial charge in [0.15, 0.2) is 6.61 Å². The Bertz CT molecular complexity index is 1020. The van der Waals surface area contributed by atoms with Crippen molar-refractivity contribution in [3.8, 4) is 11.4 Å². The molecule has 0 bridgehead atoms. The van der Waals surface area contributed by atoms with Crippen LogP contribution in [0.2, 0.25) is 0 Å². The predicted molar refractivity (Wildman–Crippen MR) is 123 cm³/mol. The number of amides is 1. The number of carbonyl (C=O) groups is 1. The predicted octanol–water partition coefficient (Wildman–Crippen LogP) is 4.57. The van der Waals surface area contributed by atoms with Crippen LogP contribution in [0.25, 0.3) is 17.5 Å². The third kappa shape index (κ3) is 4.53. The molecule has 2 aromatic rings. The third-order valence-corrected chi connectivity index (χ3v) is 6.15. The molecule has 164 valence electrons. The van der Waals surface area contributed by atoms with Crippen LogP contribution in [-0.4, -0.2) is 45.7 Å². The summed E-state index contributed by atoms with van der Waals surface area (Å²) in [5.74, 6) is 0.874. The van der Waals surface area contributed by atoms with Crippen molar-refractivity contribution in [3.63, 3.8) is 0 Å². The summed E-state index contributed by atoms with van der Waals surface area (Å²) in [6.07, 6.45) is 15.9. The van der Waals surface area contributed by atoms with Crippen molar-refractivity contribution < 1.29 is 9.53 Å². The Morgan fingerprint density at radius 1 is 1.35 bits per heavy atom. The number of ether oxygens (including phenoxy) is 1. The molecule has 0 aliphatic heterocycles. The van der Waals surface area contributed by atoms with Crippen molar-refractivity contribution in [1.82, 2.24) is 20.1 Å². The molecule has 1 atom stereocenters. The van der Waals surface area contributed by atoms with Gasteiger partial charge in [0.25, 0.3) is 5.91 Å². The average molecular weight is 421 g/mol. The van der Waals surface area contributed by atoms with Gasteiger partial charge in [-0.2, -0.15) is 5.10 Å². The molecule has 2 aliphatic carbocycles. The fourth-order valence-corrected chi connectivity index (χ4v) is 4.29. The van der Waals surface area contributed by atoms with Crippen molar-refractivity contribution in [2.75, 3.05) is 13.7 Å². The zero-order valence-electron chi connectivity index (χ0n) is 18.7. The molecule has 0 radical (unpaired) electrons. The standard InChI is InChI=1S/C25H32N4O2/c1-4-9-20-21(5-2)27-28-25(20)23-14-17-12-13-18(15-22(17)26-23)29(3)24(30)16-31-19-10-7-6-8-11-19/h6-7,10,12-14,18,26H,4-5,8-9,11,15-16H2,1-3H3,(H,27,28). The highest BCUT2D eigenvalue weighted by Gasteiger charge is 2.25. The molecular weight excluding hydrogens is 388 g/mol. The molecule has 4 rings (SSSR count). The van der Waals surface area contributed by atoms with Crippen molar-refractivity contribution in [2.45, 2.75) is 58.4 Å². The van der Waals surface area contributed by atoms with E-state index in [0.717, 1.165) is 61.4 Å². The van der Waals surface area contributed by atoms with Crippen molar-refractivity contribution in [3.05, 3.63) is 58.6 Å². The Kier molecular flexibility index (Phi) is 6.44.